The van der Waals surface area contributed by atoms with E-state index in [9.17, 15) is 13.2 Å². The van der Waals surface area contributed by atoms with Gasteiger partial charge in [0.15, 0.2) is 0 Å². The molecule has 0 spiro atoms. The smallest absolute Gasteiger partial charge is 0.171 e. The van der Waals surface area contributed by atoms with Gasteiger partial charge in [0, 0.05) is 0 Å². The molecule has 1 fully saturated rings. The van der Waals surface area contributed by atoms with Gasteiger partial charge in [-0.1, -0.05) is 33.6 Å². The lowest BCUT2D eigenvalue weighted by Gasteiger charge is -2.26. The van der Waals surface area contributed by atoms with Crippen LogP contribution in [-0.2, 0) is 0 Å². The summed E-state index contributed by atoms with van der Waals surface area (Å²) >= 11 is 0. The van der Waals surface area contributed by atoms with Crippen molar-refractivity contribution in [3.05, 3.63) is 0 Å². The second-order valence-corrected chi connectivity index (χ2v) is 3.27. The van der Waals surface area contributed by atoms with Crippen molar-refractivity contribution >= 4 is 0 Å². The van der Waals surface area contributed by atoms with Crippen LogP contribution < -0.4 is 0 Å². The fraction of sp³-hybridized carbons (Fsp3) is 1.00. The first-order valence-electron chi connectivity index (χ1n) is 4.52. The lowest BCUT2D eigenvalue weighted by Crippen LogP contribution is -2.31. The molecule has 12 heavy (non-hydrogen) atoms. The number of hydrogen-bond acceptors (Lipinski definition) is 0. The zero-order chi connectivity index (χ0) is 9.83. The van der Waals surface area contributed by atoms with E-state index >= 15 is 0 Å². The number of rotatable bonds is 0. The minimum absolute atomic E-state index is 0.316. The molecule has 0 nitrogen and oxygen atoms in total. The third kappa shape index (κ3) is 2.39. The number of alkyl halides is 3. The summed E-state index contributed by atoms with van der Waals surface area (Å²) in [5, 5.41) is 0. The summed E-state index contributed by atoms with van der Waals surface area (Å²) < 4.78 is 36.4. The molecule has 0 unspecified atom stereocenters. The van der Waals surface area contributed by atoms with Crippen LogP contribution in [0.2, 0.25) is 0 Å². The van der Waals surface area contributed by atoms with E-state index in [1.54, 1.807) is 0 Å². The van der Waals surface area contributed by atoms with E-state index in [4.69, 9.17) is 0 Å². The monoisotopic (exact) mass is 182 g/mol. The fourth-order valence-electron chi connectivity index (χ4n) is 1.44. The Morgan fingerprint density at radius 1 is 1.00 bits per heavy atom. The molecule has 0 saturated heterocycles. The quantitative estimate of drug-likeness (QED) is 0.527. The summed E-state index contributed by atoms with van der Waals surface area (Å²) in [6, 6.07) is 0. The van der Waals surface area contributed by atoms with E-state index in [1.807, 2.05) is 13.8 Å². The molecule has 0 amide bonds. The molecule has 0 aromatic carbocycles. The second kappa shape index (κ2) is 4.15. The van der Waals surface area contributed by atoms with E-state index in [0.29, 0.717) is 12.8 Å². The van der Waals surface area contributed by atoms with Crippen molar-refractivity contribution in [1.82, 2.24) is 0 Å². The summed E-state index contributed by atoms with van der Waals surface area (Å²) in [7, 11) is 0. The van der Waals surface area contributed by atoms with E-state index in [2.05, 4.69) is 0 Å². The lowest BCUT2D eigenvalue weighted by molar-refractivity contribution is -0.215. The third-order valence-electron chi connectivity index (χ3n) is 2.39. The molecule has 0 N–H and O–H groups in total. The van der Waals surface area contributed by atoms with Crippen LogP contribution in [0.15, 0.2) is 0 Å². The molecule has 0 atom stereocenters. The lowest BCUT2D eigenvalue weighted by atomic mass is 9.88. The van der Waals surface area contributed by atoms with Gasteiger partial charge in [-0.05, 0) is 12.8 Å². The van der Waals surface area contributed by atoms with Gasteiger partial charge in [0.1, 0.15) is 0 Å². The Morgan fingerprint density at radius 3 is 1.50 bits per heavy atom. The average Bonchev–Trinajstić information content (AvgIpc) is 2.40. The maximum Gasteiger partial charge on any atom is 0.394 e. The van der Waals surface area contributed by atoms with E-state index in [1.165, 1.54) is 6.92 Å². The van der Waals surface area contributed by atoms with Crippen molar-refractivity contribution in [2.45, 2.75) is 52.6 Å². The van der Waals surface area contributed by atoms with Gasteiger partial charge in [0.05, 0.1) is 5.41 Å². The number of halogens is 3. The highest BCUT2D eigenvalue weighted by Gasteiger charge is 2.51. The molecule has 0 aromatic rings. The van der Waals surface area contributed by atoms with Gasteiger partial charge in [-0.2, -0.15) is 13.2 Å². The molecule has 0 radical (unpaired) electrons. The summed E-state index contributed by atoms with van der Waals surface area (Å²) in [6.07, 6.45) is -1.89. The van der Waals surface area contributed by atoms with Gasteiger partial charge in [0.2, 0.25) is 0 Å². The van der Waals surface area contributed by atoms with Gasteiger partial charge >= 0.3 is 6.18 Å². The van der Waals surface area contributed by atoms with Crippen LogP contribution >= 0.6 is 0 Å². The third-order valence-corrected chi connectivity index (χ3v) is 2.39. The molecule has 0 bridgehead atoms. The molecule has 1 rings (SSSR count). The van der Waals surface area contributed by atoms with E-state index in [-0.39, 0.29) is 0 Å². The first-order valence-corrected chi connectivity index (χ1v) is 4.52. The second-order valence-electron chi connectivity index (χ2n) is 3.27. The zero-order valence-corrected chi connectivity index (χ0v) is 7.96. The van der Waals surface area contributed by atoms with Gasteiger partial charge in [-0.15, -0.1) is 0 Å². The molecule has 0 aliphatic heterocycles. The summed E-state index contributed by atoms with van der Waals surface area (Å²) in [5.41, 5.74) is -1.37. The van der Waals surface area contributed by atoms with Crippen molar-refractivity contribution in [3.63, 3.8) is 0 Å². The normalized spacial score (nSPS) is 21.5. The van der Waals surface area contributed by atoms with Crippen LogP contribution in [0.25, 0.3) is 0 Å². The van der Waals surface area contributed by atoms with Crippen molar-refractivity contribution in [2.75, 3.05) is 0 Å². The fourth-order valence-corrected chi connectivity index (χ4v) is 1.44. The van der Waals surface area contributed by atoms with Gasteiger partial charge in [-0.3, -0.25) is 0 Å². The van der Waals surface area contributed by atoms with Crippen LogP contribution in [0.3, 0.4) is 0 Å². The number of hydrogen-bond donors (Lipinski definition) is 0. The molecule has 0 heterocycles. The Balaban J connectivity index is 0.000000561. The molecular weight excluding hydrogens is 165 g/mol. The van der Waals surface area contributed by atoms with Gasteiger partial charge in [-0.25, -0.2) is 0 Å². The predicted molar refractivity (Wildman–Crippen MR) is 44.0 cm³/mol. The molecule has 1 aliphatic rings. The van der Waals surface area contributed by atoms with Crippen LogP contribution in [0, 0.1) is 5.41 Å². The van der Waals surface area contributed by atoms with Crippen molar-refractivity contribution in [1.29, 1.82) is 0 Å². The molecule has 3 heteroatoms. The highest BCUT2D eigenvalue weighted by atomic mass is 19.4. The minimum Gasteiger partial charge on any atom is -0.171 e. The minimum atomic E-state index is -3.98. The Labute approximate surface area is 72.2 Å². The first-order chi connectivity index (χ1) is 5.46. The Bertz CT molecular complexity index is 120. The Morgan fingerprint density at radius 2 is 1.33 bits per heavy atom. The van der Waals surface area contributed by atoms with Crippen LogP contribution in [0.5, 0.6) is 0 Å². The van der Waals surface area contributed by atoms with Crippen molar-refractivity contribution in [3.8, 4) is 0 Å². The first kappa shape index (κ1) is 11.8. The van der Waals surface area contributed by atoms with Gasteiger partial charge in [0.25, 0.3) is 0 Å². The standard InChI is InChI=1S/C7H11F3.C2H6/c1-6(7(8,9)10)4-2-3-5-6;1-2/h2-5H2,1H3;1-2H3. The van der Waals surface area contributed by atoms with Crippen molar-refractivity contribution in [2.24, 2.45) is 5.41 Å². The highest BCUT2D eigenvalue weighted by Crippen LogP contribution is 2.49. The van der Waals surface area contributed by atoms with Crippen LogP contribution in [-0.4, -0.2) is 6.18 Å². The molecule has 1 saturated carbocycles. The largest absolute Gasteiger partial charge is 0.394 e. The maximum absolute atomic E-state index is 12.1. The molecule has 0 aromatic heterocycles. The molecular formula is C9H17F3. The predicted octanol–water partition coefficient (Wildman–Crippen LogP) is 4.16. The highest BCUT2D eigenvalue weighted by molar-refractivity contribution is 4.86. The van der Waals surface area contributed by atoms with Crippen LogP contribution in [0.4, 0.5) is 13.2 Å². The van der Waals surface area contributed by atoms with Crippen LogP contribution in [0.1, 0.15) is 46.5 Å². The average molecular weight is 182 g/mol. The Hall–Kier alpha value is -0.210. The topological polar surface area (TPSA) is 0 Å². The zero-order valence-electron chi connectivity index (χ0n) is 7.96. The van der Waals surface area contributed by atoms with Crippen molar-refractivity contribution < 1.29 is 13.2 Å². The molecule has 74 valence electrons. The van der Waals surface area contributed by atoms with Gasteiger partial charge < -0.3 is 0 Å². The Kier molecular flexibility index (Phi) is 4.08. The summed E-state index contributed by atoms with van der Waals surface area (Å²) in [4.78, 5) is 0. The maximum atomic E-state index is 12.1. The summed E-state index contributed by atoms with van der Waals surface area (Å²) in [6.45, 7) is 5.32. The molecule has 1 aliphatic carbocycles. The summed E-state index contributed by atoms with van der Waals surface area (Å²) in [5.74, 6) is 0. The van der Waals surface area contributed by atoms with E-state index < -0.39 is 11.6 Å². The van der Waals surface area contributed by atoms with E-state index in [0.717, 1.165) is 12.8 Å². The SMILES string of the molecule is CC.CC1(C(F)(F)F)CCCC1.